The number of carbonyl (C=O) groups excluding carboxylic acids is 1. The van der Waals surface area contributed by atoms with Gasteiger partial charge in [-0.3, -0.25) is 4.79 Å². The molecule has 118 valence electrons. The number of benzene rings is 1. The number of hydrogen-bond donors (Lipinski definition) is 0. The van der Waals surface area contributed by atoms with Gasteiger partial charge in [0.1, 0.15) is 12.4 Å². The molecule has 22 heavy (non-hydrogen) atoms. The monoisotopic (exact) mass is 365 g/mol. The molecule has 0 bridgehead atoms. The molecular formula is C17H20BrNO3. The predicted molar refractivity (Wildman–Crippen MR) is 89.0 cm³/mol. The van der Waals surface area contributed by atoms with Gasteiger partial charge in [-0.05, 0) is 47.0 Å². The van der Waals surface area contributed by atoms with Gasteiger partial charge in [0.05, 0.1) is 19.3 Å². The Balaban J connectivity index is 2.04. The van der Waals surface area contributed by atoms with E-state index >= 15 is 0 Å². The van der Waals surface area contributed by atoms with Crippen molar-refractivity contribution < 1.29 is 14.3 Å². The Morgan fingerprint density at radius 1 is 1.55 bits per heavy atom. The summed E-state index contributed by atoms with van der Waals surface area (Å²) in [7, 11) is 1.59. The number of ether oxygens (including phenoxy) is 2. The van der Waals surface area contributed by atoms with Gasteiger partial charge in [-0.15, -0.1) is 6.42 Å². The summed E-state index contributed by atoms with van der Waals surface area (Å²) in [6, 6.07) is 5.43. The Morgan fingerprint density at radius 3 is 3.09 bits per heavy atom. The van der Waals surface area contributed by atoms with Gasteiger partial charge in [0.2, 0.25) is 0 Å². The standard InChI is InChI=1S/C17H20BrNO3/c1-3-9-22-12-13-5-4-8-19(11-13)17(20)15-10-14(21-2)6-7-16(15)18/h1,6-7,10,13H,4-5,8-9,11-12H2,2H3/t13-/m0/s1. The summed E-state index contributed by atoms with van der Waals surface area (Å²) in [6.45, 7) is 2.40. The van der Waals surface area contributed by atoms with Crippen LogP contribution in [-0.2, 0) is 4.74 Å². The van der Waals surface area contributed by atoms with E-state index in [9.17, 15) is 4.79 Å². The van der Waals surface area contributed by atoms with Crippen molar-refractivity contribution in [1.29, 1.82) is 0 Å². The second-order valence-corrected chi connectivity index (χ2v) is 6.18. The van der Waals surface area contributed by atoms with Crippen molar-refractivity contribution in [3.8, 4) is 18.1 Å². The van der Waals surface area contributed by atoms with Gasteiger partial charge in [-0.25, -0.2) is 0 Å². The second-order valence-electron chi connectivity index (χ2n) is 5.32. The highest BCUT2D eigenvalue weighted by Crippen LogP contribution is 2.26. The molecule has 0 aliphatic carbocycles. The average Bonchev–Trinajstić information content (AvgIpc) is 2.55. The first-order valence-electron chi connectivity index (χ1n) is 7.29. The van der Waals surface area contributed by atoms with Crippen molar-refractivity contribution in [2.24, 2.45) is 5.92 Å². The Bertz CT molecular complexity index is 568. The predicted octanol–water partition coefficient (Wildman–Crippen LogP) is 2.96. The lowest BCUT2D eigenvalue weighted by atomic mass is 9.98. The molecule has 1 aliphatic heterocycles. The maximum absolute atomic E-state index is 12.7. The van der Waals surface area contributed by atoms with Crippen LogP contribution in [0.1, 0.15) is 23.2 Å². The van der Waals surface area contributed by atoms with Crippen molar-refractivity contribution in [1.82, 2.24) is 4.90 Å². The topological polar surface area (TPSA) is 38.8 Å². The first kappa shape index (κ1) is 16.9. The largest absolute Gasteiger partial charge is 0.497 e. The SMILES string of the molecule is C#CCOC[C@H]1CCCN(C(=O)c2cc(OC)ccc2Br)C1. The van der Waals surface area contributed by atoms with E-state index in [4.69, 9.17) is 15.9 Å². The molecule has 0 aromatic heterocycles. The molecule has 5 heteroatoms. The molecule has 4 nitrogen and oxygen atoms in total. The van der Waals surface area contributed by atoms with Crippen LogP contribution in [0, 0.1) is 18.3 Å². The number of carbonyl (C=O) groups is 1. The lowest BCUT2D eigenvalue weighted by Crippen LogP contribution is -2.41. The lowest BCUT2D eigenvalue weighted by molar-refractivity contribution is 0.0533. The van der Waals surface area contributed by atoms with E-state index in [-0.39, 0.29) is 5.91 Å². The smallest absolute Gasteiger partial charge is 0.255 e. The fourth-order valence-electron chi connectivity index (χ4n) is 2.64. The summed E-state index contributed by atoms with van der Waals surface area (Å²) in [5, 5.41) is 0. The number of terminal acetylenes is 1. The summed E-state index contributed by atoms with van der Waals surface area (Å²) < 4.78 is 11.4. The molecule has 0 unspecified atom stereocenters. The highest BCUT2D eigenvalue weighted by molar-refractivity contribution is 9.10. The van der Waals surface area contributed by atoms with Crippen LogP contribution in [0.15, 0.2) is 22.7 Å². The van der Waals surface area contributed by atoms with E-state index < -0.39 is 0 Å². The van der Waals surface area contributed by atoms with Crippen molar-refractivity contribution in [2.75, 3.05) is 33.4 Å². The van der Waals surface area contributed by atoms with Crippen LogP contribution in [0.3, 0.4) is 0 Å². The number of nitrogens with zero attached hydrogens (tertiary/aromatic N) is 1. The Hall–Kier alpha value is -1.51. The zero-order valence-corrected chi connectivity index (χ0v) is 14.3. The quantitative estimate of drug-likeness (QED) is 0.594. The molecule has 1 saturated heterocycles. The van der Waals surface area contributed by atoms with Crippen LogP contribution in [0.2, 0.25) is 0 Å². The third-order valence-electron chi connectivity index (χ3n) is 3.75. The lowest BCUT2D eigenvalue weighted by Gasteiger charge is -2.32. The fraction of sp³-hybridized carbons (Fsp3) is 0.471. The molecule has 1 aromatic carbocycles. The van der Waals surface area contributed by atoms with Crippen LogP contribution < -0.4 is 4.74 Å². The molecular weight excluding hydrogens is 346 g/mol. The molecule has 0 radical (unpaired) electrons. The summed E-state index contributed by atoms with van der Waals surface area (Å²) in [6.07, 6.45) is 7.23. The summed E-state index contributed by atoms with van der Waals surface area (Å²) in [5.41, 5.74) is 0.629. The number of piperidine rings is 1. The Kier molecular flexibility index (Phi) is 6.29. The number of likely N-dealkylation sites (tertiary alicyclic amines) is 1. The van der Waals surface area contributed by atoms with Gasteiger partial charge in [0, 0.05) is 23.5 Å². The minimum absolute atomic E-state index is 0.0208. The van der Waals surface area contributed by atoms with Gasteiger partial charge in [0.25, 0.3) is 5.91 Å². The van der Waals surface area contributed by atoms with Crippen molar-refractivity contribution in [3.05, 3.63) is 28.2 Å². The zero-order chi connectivity index (χ0) is 15.9. The molecule has 1 aliphatic rings. The molecule has 1 heterocycles. The van der Waals surface area contributed by atoms with Crippen molar-refractivity contribution >= 4 is 21.8 Å². The summed E-state index contributed by atoms with van der Waals surface area (Å²) >= 11 is 3.44. The third kappa shape index (κ3) is 4.25. The molecule has 0 spiro atoms. The molecule has 0 N–H and O–H groups in total. The fourth-order valence-corrected chi connectivity index (χ4v) is 3.05. The van der Waals surface area contributed by atoms with E-state index in [0.29, 0.717) is 37.0 Å². The molecule has 1 atom stereocenters. The molecule has 2 rings (SSSR count). The number of hydrogen-bond acceptors (Lipinski definition) is 3. The minimum atomic E-state index is 0.0208. The number of rotatable bonds is 5. The third-order valence-corrected chi connectivity index (χ3v) is 4.44. The van der Waals surface area contributed by atoms with Crippen LogP contribution in [0.5, 0.6) is 5.75 Å². The van der Waals surface area contributed by atoms with Crippen LogP contribution in [-0.4, -0.2) is 44.2 Å². The maximum atomic E-state index is 12.7. The van der Waals surface area contributed by atoms with E-state index in [0.717, 1.165) is 23.9 Å². The van der Waals surface area contributed by atoms with Crippen LogP contribution in [0.25, 0.3) is 0 Å². The van der Waals surface area contributed by atoms with E-state index in [2.05, 4.69) is 21.9 Å². The van der Waals surface area contributed by atoms with E-state index in [1.807, 2.05) is 17.0 Å². The van der Waals surface area contributed by atoms with Crippen molar-refractivity contribution in [2.45, 2.75) is 12.8 Å². The first-order chi connectivity index (χ1) is 10.7. The summed E-state index contributed by atoms with van der Waals surface area (Å²) in [4.78, 5) is 14.6. The minimum Gasteiger partial charge on any atom is -0.497 e. The van der Waals surface area contributed by atoms with Gasteiger partial charge in [-0.2, -0.15) is 0 Å². The highest BCUT2D eigenvalue weighted by atomic mass is 79.9. The van der Waals surface area contributed by atoms with Crippen molar-refractivity contribution in [3.63, 3.8) is 0 Å². The molecule has 1 fully saturated rings. The molecule has 0 saturated carbocycles. The van der Waals surface area contributed by atoms with Gasteiger partial charge in [0.15, 0.2) is 0 Å². The zero-order valence-electron chi connectivity index (χ0n) is 12.7. The van der Waals surface area contributed by atoms with Gasteiger partial charge >= 0.3 is 0 Å². The van der Waals surface area contributed by atoms with E-state index in [1.165, 1.54) is 0 Å². The molecule has 1 amide bonds. The first-order valence-corrected chi connectivity index (χ1v) is 8.09. The molecule has 1 aromatic rings. The summed E-state index contributed by atoms with van der Waals surface area (Å²) in [5.74, 6) is 3.51. The van der Waals surface area contributed by atoms with E-state index in [1.54, 1.807) is 13.2 Å². The van der Waals surface area contributed by atoms with Gasteiger partial charge < -0.3 is 14.4 Å². The normalized spacial score (nSPS) is 17.9. The average molecular weight is 366 g/mol. The number of amides is 1. The Morgan fingerprint density at radius 2 is 2.36 bits per heavy atom. The van der Waals surface area contributed by atoms with Crippen LogP contribution >= 0.6 is 15.9 Å². The highest BCUT2D eigenvalue weighted by Gasteiger charge is 2.26. The number of methoxy groups -OCH3 is 1. The number of halogens is 1. The van der Waals surface area contributed by atoms with Crippen LogP contribution in [0.4, 0.5) is 0 Å². The maximum Gasteiger partial charge on any atom is 0.255 e. The van der Waals surface area contributed by atoms with Gasteiger partial charge in [-0.1, -0.05) is 5.92 Å². The second kappa shape index (κ2) is 8.21. The Labute approximate surface area is 139 Å².